The van der Waals surface area contributed by atoms with E-state index in [4.69, 9.17) is 14.2 Å². The summed E-state index contributed by atoms with van der Waals surface area (Å²) in [4.78, 5) is 12.6. The van der Waals surface area contributed by atoms with Crippen molar-refractivity contribution in [2.45, 2.75) is 69.4 Å². The van der Waals surface area contributed by atoms with E-state index in [2.05, 4.69) is 0 Å². The molecule has 4 nitrogen and oxygen atoms in total. The minimum Gasteiger partial charge on any atom is -0.438 e. The lowest BCUT2D eigenvalue weighted by atomic mass is 9.84. The van der Waals surface area contributed by atoms with Crippen molar-refractivity contribution < 1.29 is 19.0 Å². The zero-order chi connectivity index (χ0) is 15.6. The molecule has 122 valence electrons. The Morgan fingerprint density at radius 1 is 1.10 bits per heavy atom. The summed E-state index contributed by atoms with van der Waals surface area (Å²) in [7, 11) is 1.69. The summed E-state index contributed by atoms with van der Waals surface area (Å²) in [5.41, 5.74) is -1.10. The van der Waals surface area contributed by atoms with Gasteiger partial charge < -0.3 is 14.2 Å². The van der Waals surface area contributed by atoms with Gasteiger partial charge >= 0.3 is 5.97 Å². The van der Waals surface area contributed by atoms with Crippen LogP contribution >= 0.6 is 0 Å². The Hall–Kier alpha value is -0.176. The predicted molar refractivity (Wildman–Crippen MR) is 89.4 cm³/mol. The Bertz CT molecular complexity index is 372. The van der Waals surface area contributed by atoms with Crippen LogP contribution in [0.5, 0.6) is 0 Å². The molecule has 0 aromatic carbocycles. The second-order valence-corrected chi connectivity index (χ2v) is 11.0. The van der Waals surface area contributed by atoms with Crippen LogP contribution in [0.2, 0.25) is 0 Å². The predicted octanol–water partition coefficient (Wildman–Crippen LogP) is 0.428. The first-order chi connectivity index (χ1) is 9.75. The molecule has 2 atom stereocenters. The molecule has 6 heteroatoms. The Morgan fingerprint density at radius 3 is 2.24 bits per heavy atom. The lowest BCUT2D eigenvalue weighted by Gasteiger charge is -2.41. The van der Waals surface area contributed by atoms with Crippen LogP contribution in [0.4, 0.5) is 0 Å². The van der Waals surface area contributed by atoms with Crippen molar-refractivity contribution in [3.05, 3.63) is 0 Å². The normalized spacial score (nSPS) is 34.8. The van der Waals surface area contributed by atoms with Gasteiger partial charge in [0.05, 0.1) is 22.3 Å². The first-order valence-electron chi connectivity index (χ1n) is 8.26. The Labute approximate surface area is 134 Å². The SMILES string of the molecule is CC(C)(CC1([SiH3])CCCCO1)C(=O)OC1([SiH3])CCCCO1. The van der Waals surface area contributed by atoms with Crippen LogP contribution < -0.4 is 0 Å². The fourth-order valence-electron chi connectivity index (χ4n) is 3.46. The molecule has 2 heterocycles. The molecule has 2 saturated heterocycles. The maximum absolute atomic E-state index is 12.6. The van der Waals surface area contributed by atoms with Crippen molar-refractivity contribution in [3.63, 3.8) is 0 Å². The van der Waals surface area contributed by atoms with Crippen molar-refractivity contribution >= 4 is 26.5 Å². The first kappa shape index (κ1) is 17.2. The summed E-state index contributed by atoms with van der Waals surface area (Å²) >= 11 is 0. The Kier molecular flexibility index (Phi) is 5.33. The summed E-state index contributed by atoms with van der Waals surface area (Å²) in [6, 6.07) is 0. The molecule has 2 rings (SSSR count). The van der Waals surface area contributed by atoms with Crippen molar-refractivity contribution in [1.82, 2.24) is 0 Å². The van der Waals surface area contributed by atoms with Crippen molar-refractivity contribution in [2.24, 2.45) is 5.41 Å². The van der Waals surface area contributed by atoms with Gasteiger partial charge in [-0.1, -0.05) is 0 Å². The molecule has 0 aromatic rings. The quantitative estimate of drug-likeness (QED) is 0.554. The molecular weight excluding hydrogens is 300 g/mol. The van der Waals surface area contributed by atoms with E-state index >= 15 is 0 Å². The van der Waals surface area contributed by atoms with Crippen molar-refractivity contribution in [1.29, 1.82) is 0 Å². The molecule has 21 heavy (non-hydrogen) atoms. The maximum Gasteiger partial charge on any atom is 0.313 e. The minimum atomic E-state index is -0.599. The van der Waals surface area contributed by atoms with E-state index in [1.54, 1.807) is 0 Å². The summed E-state index contributed by atoms with van der Waals surface area (Å²) in [6.45, 7) is 5.52. The molecule has 2 unspecified atom stereocenters. The highest BCUT2D eigenvalue weighted by Crippen LogP contribution is 2.37. The van der Waals surface area contributed by atoms with Crippen LogP contribution in [0.3, 0.4) is 0 Å². The van der Waals surface area contributed by atoms with E-state index in [9.17, 15) is 4.79 Å². The monoisotopic (exact) mass is 330 g/mol. The first-order valence-corrected chi connectivity index (χ1v) is 10.3. The van der Waals surface area contributed by atoms with Crippen molar-refractivity contribution in [2.75, 3.05) is 13.2 Å². The summed E-state index contributed by atoms with van der Waals surface area (Å²) < 4.78 is 17.5. The van der Waals surface area contributed by atoms with Crippen LogP contribution in [0.1, 0.15) is 58.8 Å². The molecule has 0 aromatic heterocycles. The smallest absolute Gasteiger partial charge is 0.313 e. The molecule has 2 aliphatic rings. The summed E-state index contributed by atoms with van der Waals surface area (Å²) in [5.74, 6) is -0.121. The summed E-state index contributed by atoms with van der Waals surface area (Å²) in [6.07, 6.45) is 7.22. The highest BCUT2D eigenvalue weighted by molar-refractivity contribution is 6.15. The van der Waals surface area contributed by atoms with Gasteiger partial charge in [-0.3, -0.25) is 4.79 Å². The number of esters is 1. The van der Waals surface area contributed by atoms with Gasteiger partial charge in [0.25, 0.3) is 0 Å². The molecule has 2 aliphatic heterocycles. The third-order valence-corrected chi connectivity index (χ3v) is 6.80. The van der Waals surface area contributed by atoms with Crippen molar-refractivity contribution in [3.8, 4) is 0 Å². The minimum absolute atomic E-state index is 0.0630. The van der Waals surface area contributed by atoms with Gasteiger partial charge in [-0.15, -0.1) is 0 Å². The summed E-state index contributed by atoms with van der Waals surface area (Å²) in [5, 5.41) is -0.0630. The van der Waals surface area contributed by atoms with Gasteiger partial charge in [-0.05, 0) is 52.4 Å². The van der Waals surface area contributed by atoms with E-state index in [1.165, 1.54) is 6.42 Å². The maximum atomic E-state index is 12.6. The lowest BCUT2D eigenvalue weighted by molar-refractivity contribution is -0.216. The Balaban J connectivity index is 1.95. The van der Waals surface area contributed by atoms with Gasteiger partial charge in [0.15, 0.2) is 5.41 Å². The fourth-order valence-corrected chi connectivity index (χ4v) is 5.65. The number of carbonyl (C=O) groups excluding carboxylic acids is 1. The van der Waals surface area contributed by atoms with Gasteiger partial charge in [0.2, 0.25) is 0 Å². The highest BCUT2D eigenvalue weighted by Gasteiger charge is 2.42. The second-order valence-electron chi connectivity index (χ2n) is 7.65. The molecule has 2 fully saturated rings. The average molecular weight is 331 g/mol. The van der Waals surface area contributed by atoms with E-state index in [1.807, 2.05) is 13.8 Å². The number of rotatable bonds is 4. The van der Waals surface area contributed by atoms with Crippen LogP contribution in [-0.4, -0.2) is 50.3 Å². The molecule has 0 spiro atoms. The highest BCUT2D eigenvalue weighted by atomic mass is 28.2. The van der Waals surface area contributed by atoms with Crippen LogP contribution in [0.25, 0.3) is 0 Å². The van der Waals surface area contributed by atoms with Gasteiger partial charge in [-0.25, -0.2) is 0 Å². The van der Waals surface area contributed by atoms with E-state index in [0.717, 1.165) is 65.6 Å². The average Bonchev–Trinajstić information content (AvgIpc) is 2.38. The zero-order valence-electron chi connectivity index (χ0n) is 14.0. The molecule has 0 aliphatic carbocycles. The lowest BCUT2D eigenvalue weighted by Crippen LogP contribution is -2.48. The van der Waals surface area contributed by atoms with E-state index in [0.29, 0.717) is 6.61 Å². The van der Waals surface area contributed by atoms with E-state index in [-0.39, 0.29) is 11.2 Å². The number of hydrogen-bond donors (Lipinski definition) is 0. The molecule has 0 bridgehead atoms. The molecular formula is C15H30O4Si2. The third-order valence-electron chi connectivity index (χ3n) is 4.66. The second kappa shape index (κ2) is 6.52. The largest absolute Gasteiger partial charge is 0.438 e. The number of carbonyl (C=O) groups is 1. The molecule has 0 radical (unpaired) electrons. The third kappa shape index (κ3) is 4.64. The molecule has 0 N–H and O–H groups in total. The van der Waals surface area contributed by atoms with Gasteiger partial charge in [0.1, 0.15) is 0 Å². The zero-order valence-corrected chi connectivity index (χ0v) is 18.0. The van der Waals surface area contributed by atoms with Gasteiger partial charge in [-0.2, -0.15) is 0 Å². The Morgan fingerprint density at radius 2 is 1.71 bits per heavy atom. The topological polar surface area (TPSA) is 44.8 Å². The number of ether oxygens (including phenoxy) is 3. The van der Waals surface area contributed by atoms with Crippen LogP contribution in [0, 0.1) is 5.41 Å². The van der Waals surface area contributed by atoms with Crippen LogP contribution in [-0.2, 0) is 19.0 Å². The molecule has 0 saturated carbocycles. The van der Waals surface area contributed by atoms with Gasteiger partial charge in [0, 0.05) is 28.5 Å². The van der Waals surface area contributed by atoms with Crippen LogP contribution in [0.15, 0.2) is 0 Å². The van der Waals surface area contributed by atoms with E-state index < -0.39 is 10.8 Å². The fraction of sp³-hybridized carbons (Fsp3) is 0.933. The standard InChI is InChI=1S/C15H30O4Si2/c1-13(2,11-14(20)7-3-5-9-17-14)12(16)19-15(21)8-4-6-10-18-15/h3-11H2,1-2,20-21H3. The molecule has 0 amide bonds. The number of hydrogen-bond acceptors (Lipinski definition) is 4.